The van der Waals surface area contributed by atoms with E-state index in [2.05, 4.69) is 11.8 Å². The molecule has 3 unspecified atom stereocenters. The van der Waals surface area contributed by atoms with Gasteiger partial charge < -0.3 is 20.2 Å². The Hall–Kier alpha value is -2.58. The lowest BCUT2D eigenvalue weighted by Gasteiger charge is -2.35. The summed E-state index contributed by atoms with van der Waals surface area (Å²) in [4.78, 5) is 14.8. The summed E-state index contributed by atoms with van der Waals surface area (Å²) in [7, 11) is 0. The number of carbonyl (C=O) groups excluding carboxylic acids is 1. The van der Waals surface area contributed by atoms with E-state index in [4.69, 9.17) is 5.11 Å². The Morgan fingerprint density at radius 3 is 2.49 bits per heavy atom. The number of hydrogen-bond donors (Lipinski definition) is 3. The first-order chi connectivity index (χ1) is 16.6. The number of alkyl halides is 3. The molecule has 0 bridgehead atoms. The number of allylic oxidation sites excluding steroid dienone is 1. The molecule has 3 atom stereocenters. The molecule has 0 aliphatic carbocycles. The van der Waals surface area contributed by atoms with E-state index < -0.39 is 47.0 Å². The molecule has 0 spiro atoms. The lowest BCUT2D eigenvalue weighted by molar-refractivity contribution is -0.108. The number of nitrogens with zero attached hydrogens (tertiary/aromatic N) is 2. The van der Waals surface area contributed by atoms with Crippen molar-refractivity contribution in [3.05, 3.63) is 47.5 Å². The van der Waals surface area contributed by atoms with Crippen LogP contribution in [0.4, 0.5) is 18.9 Å². The van der Waals surface area contributed by atoms with Crippen LogP contribution < -0.4 is 4.90 Å². The smallest absolute Gasteiger partial charge is 0.394 e. The number of fused-ring (bicyclic) bond motifs is 1. The molecule has 3 N–H and O–H groups in total. The lowest BCUT2D eigenvalue weighted by Crippen LogP contribution is -2.37. The first-order valence-electron chi connectivity index (χ1n) is 11.2. The number of halogens is 3. The molecule has 6 nitrogen and oxygen atoms in total. The minimum Gasteiger partial charge on any atom is -0.394 e. The third kappa shape index (κ3) is 6.35. The molecular formula is C25H27F3N2O4S. The molecule has 188 valence electrons. The van der Waals surface area contributed by atoms with E-state index in [0.717, 1.165) is 30.5 Å². The van der Waals surface area contributed by atoms with Crippen LogP contribution in [0.5, 0.6) is 0 Å². The van der Waals surface area contributed by atoms with Gasteiger partial charge in [-0.3, -0.25) is 4.79 Å². The average molecular weight is 509 g/mol. The van der Waals surface area contributed by atoms with E-state index >= 15 is 0 Å². The van der Waals surface area contributed by atoms with Gasteiger partial charge in [-0.15, -0.1) is 0 Å². The Morgan fingerprint density at radius 2 is 1.86 bits per heavy atom. The third-order valence-corrected chi connectivity index (χ3v) is 7.09. The van der Waals surface area contributed by atoms with Gasteiger partial charge in [0.05, 0.1) is 18.3 Å². The maximum Gasteiger partial charge on any atom is 0.418 e. The summed E-state index contributed by atoms with van der Waals surface area (Å²) >= 11 is 0.276. The van der Waals surface area contributed by atoms with Crippen LogP contribution in [0.25, 0.3) is 16.3 Å². The number of carbonyl (C=O) groups is 1. The van der Waals surface area contributed by atoms with E-state index in [1.165, 1.54) is 24.6 Å². The molecular weight excluding hydrogens is 481 g/mol. The number of hydrogen-bond acceptors (Lipinski definition) is 7. The second-order valence-electron chi connectivity index (χ2n) is 8.56. The second kappa shape index (κ2) is 11.4. The zero-order valence-electron chi connectivity index (χ0n) is 19.1. The van der Waals surface area contributed by atoms with Gasteiger partial charge in [-0.25, -0.2) is 0 Å². The van der Waals surface area contributed by atoms with Crippen molar-refractivity contribution < 1.29 is 33.3 Å². The average Bonchev–Trinajstić information content (AvgIpc) is 2.83. The molecule has 1 fully saturated rings. The lowest BCUT2D eigenvalue weighted by atomic mass is 9.96. The van der Waals surface area contributed by atoms with Crippen LogP contribution >= 0.6 is 11.8 Å². The molecule has 1 heterocycles. The van der Waals surface area contributed by atoms with Gasteiger partial charge in [0.15, 0.2) is 0 Å². The quantitative estimate of drug-likeness (QED) is 0.383. The van der Waals surface area contributed by atoms with Crippen molar-refractivity contribution in [3.8, 4) is 6.07 Å². The predicted molar refractivity (Wildman–Crippen MR) is 130 cm³/mol. The van der Waals surface area contributed by atoms with Crippen molar-refractivity contribution in [1.29, 1.82) is 5.26 Å². The highest BCUT2D eigenvalue weighted by atomic mass is 32.2. The molecule has 1 saturated heterocycles. The van der Waals surface area contributed by atoms with E-state index in [9.17, 15) is 33.4 Å². The van der Waals surface area contributed by atoms with Gasteiger partial charge in [-0.2, -0.15) is 18.4 Å². The van der Waals surface area contributed by atoms with Gasteiger partial charge in [0.2, 0.25) is 5.12 Å². The zero-order valence-corrected chi connectivity index (χ0v) is 19.9. The molecule has 0 amide bonds. The van der Waals surface area contributed by atoms with E-state index in [0.29, 0.717) is 11.4 Å². The molecule has 1 aliphatic rings. The summed E-state index contributed by atoms with van der Waals surface area (Å²) in [5, 5.41) is 37.4. The van der Waals surface area contributed by atoms with Crippen LogP contribution in [0.15, 0.2) is 42.0 Å². The van der Waals surface area contributed by atoms with Gasteiger partial charge in [0, 0.05) is 24.0 Å². The first-order valence-corrected chi connectivity index (χ1v) is 12.2. The molecule has 3 rings (SSSR count). The van der Waals surface area contributed by atoms with Crippen LogP contribution in [0, 0.1) is 11.3 Å². The molecule has 0 radical (unpaired) electrons. The van der Waals surface area contributed by atoms with Crippen molar-refractivity contribution in [3.63, 3.8) is 0 Å². The number of piperidine rings is 1. The summed E-state index contributed by atoms with van der Waals surface area (Å²) in [5.74, 6) is -0.480. The number of aliphatic hydroxyl groups excluding tert-OH is 3. The number of aliphatic hydroxyl groups is 3. The SMILES string of the molecule is CC1CCCCN1c1ccc2cc(/C(=C(\C#N)C(=O)SCC(O)C(O)CO)C(F)(F)F)ccc2c1. The van der Waals surface area contributed by atoms with Crippen molar-refractivity contribution in [2.75, 3.05) is 23.8 Å². The summed E-state index contributed by atoms with van der Waals surface area (Å²) < 4.78 is 42.1. The van der Waals surface area contributed by atoms with Gasteiger partial charge in [-0.05, 0) is 60.7 Å². The fourth-order valence-electron chi connectivity index (χ4n) is 4.17. The Kier molecular flexibility index (Phi) is 8.83. The standard InChI is InChI=1S/C25H27F3N2O4S/c1-15-4-2-3-9-30(15)19-8-7-16-10-18(6-5-17(16)11-19)23(25(26,27)28)20(12-29)24(34)35-14-22(33)21(32)13-31/h5-8,10-11,15,21-22,31-33H,2-4,9,13-14H2,1H3/b23-20-. The zero-order chi connectivity index (χ0) is 25.8. The normalized spacial score (nSPS) is 19.1. The number of thioether (sulfide) groups is 1. The van der Waals surface area contributed by atoms with Gasteiger partial charge >= 0.3 is 6.18 Å². The van der Waals surface area contributed by atoms with Gasteiger partial charge in [0.25, 0.3) is 0 Å². The Bertz CT molecular complexity index is 1150. The molecule has 0 aromatic heterocycles. The third-order valence-electron chi connectivity index (χ3n) is 6.11. The minimum atomic E-state index is -4.98. The van der Waals surface area contributed by atoms with Crippen LogP contribution in [0.2, 0.25) is 0 Å². The first kappa shape index (κ1) is 27.0. The van der Waals surface area contributed by atoms with Crippen molar-refractivity contribution in [2.45, 2.75) is 50.6 Å². The molecule has 0 saturated carbocycles. The van der Waals surface area contributed by atoms with Crippen LogP contribution in [0.1, 0.15) is 31.7 Å². The van der Waals surface area contributed by atoms with E-state index in [-0.39, 0.29) is 17.3 Å². The highest BCUT2D eigenvalue weighted by molar-refractivity contribution is 8.14. The molecule has 10 heteroatoms. The van der Waals surface area contributed by atoms with Gasteiger partial charge in [0.1, 0.15) is 17.7 Å². The molecule has 1 aliphatic heterocycles. The highest BCUT2D eigenvalue weighted by Crippen LogP contribution is 2.39. The highest BCUT2D eigenvalue weighted by Gasteiger charge is 2.40. The fourth-order valence-corrected chi connectivity index (χ4v) is 5.00. The van der Waals surface area contributed by atoms with Crippen molar-refractivity contribution in [2.24, 2.45) is 0 Å². The molecule has 35 heavy (non-hydrogen) atoms. The Labute approximate surface area is 205 Å². The number of anilines is 1. The number of rotatable bonds is 7. The monoisotopic (exact) mass is 508 g/mol. The van der Waals surface area contributed by atoms with E-state index in [1.54, 1.807) is 12.1 Å². The minimum absolute atomic E-state index is 0.276. The van der Waals surface area contributed by atoms with Crippen molar-refractivity contribution >= 4 is 38.9 Å². The van der Waals surface area contributed by atoms with Crippen LogP contribution in [-0.4, -0.2) is 63.8 Å². The maximum absolute atomic E-state index is 14.0. The maximum atomic E-state index is 14.0. The van der Waals surface area contributed by atoms with Gasteiger partial charge in [-0.1, -0.05) is 30.0 Å². The largest absolute Gasteiger partial charge is 0.418 e. The summed E-state index contributed by atoms with van der Waals surface area (Å²) in [6.45, 7) is 2.29. The van der Waals surface area contributed by atoms with Crippen molar-refractivity contribution in [1.82, 2.24) is 0 Å². The summed E-state index contributed by atoms with van der Waals surface area (Å²) in [5.41, 5.74) is -1.76. The Balaban J connectivity index is 1.96. The fraction of sp³-hybridized carbons (Fsp3) is 0.440. The number of nitriles is 1. The summed E-state index contributed by atoms with van der Waals surface area (Å²) in [6.07, 6.45) is -4.75. The van der Waals surface area contributed by atoms with Crippen LogP contribution in [0.3, 0.4) is 0 Å². The summed E-state index contributed by atoms with van der Waals surface area (Å²) in [6, 6.07) is 11.4. The topological polar surface area (TPSA) is 105 Å². The second-order valence-corrected chi connectivity index (χ2v) is 9.55. The molecule has 2 aromatic carbocycles. The molecule has 2 aromatic rings. The Morgan fingerprint density at radius 1 is 1.17 bits per heavy atom. The number of benzene rings is 2. The van der Waals surface area contributed by atoms with Crippen LogP contribution in [-0.2, 0) is 4.79 Å². The van der Waals surface area contributed by atoms with E-state index in [1.807, 2.05) is 12.1 Å². The predicted octanol–water partition coefficient (Wildman–Crippen LogP) is 4.03.